The minimum atomic E-state index is -0.789. The number of benzene rings is 1. The quantitative estimate of drug-likeness (QED) is 0.639. The molecule has 1 aromatic carbocycles. The van der Waals surface area contributed by atoms with Crippen molar-refractivity contribution in [3.8, 4) is 0 Å². The summed E-state index contributed by atoms with van der Waals surface area (Å²) in [5, 5.41) is 0. The number of halogens is 2. The molecule has 0 aromatic heterocycles. The van der Waals surface area contributed by atoms with E-state index in [0.29, 0.717) is 11.0 Å². The molecule has 0 atom stereocenters. The van der Waals surface area contributed by atoms with E-state index in [1.807, 2.05) is 27.7 Å². The lowest BCUT2D eigenvalue weighted by Gasteiger charge is -2.38. The van der Waals surface area contributed by atoms with Crippen molar-refractivity contribution in [2.75, 3.05) is 0 Å². The molecular weight excluding hydrogens is 289 g/mol. The first-order chi connectivity index (χ1) is 9.63. The van der Waals surface area contributed by atoms with Gasteiger partial charge in [-0.1, -0.05) is 12.5 Å². The summed E-state index contributed by atoms with van der Waals surface area (Å²) in [7, 11) is 1.55. The second kappa shape index (κ2) is 5.92. The van der Waals surface area contributed by atoms with Gasteiger partial charge in [-0.3, -0.25) is 0 Å². The van der Waals surface area contributed by atoms with Gasteiger partial charge in [0.25, 0.3) is 0 Å². The van der Waals surface area contributed by atoms with Crippen molar-refractivity contribution in [3.63, 3.8) is 0 Å². The molecule has 0 heterocycles. The predicted octanol–water partition coefficient (Wildman–Crippen LogP) is 3.98. The van der Waals surface area contributed by atoms with Crippen LogP contribution >= 0.6 is 12.6 Å². The monoisotopic (exact) mass is 311 g/mol. The van der Waals surface area contributed by atoms with Gasteiger partial charge in [-0.05, 0) is 63.5 Å². The summed E-state index contributed by atoms with van der Waals surface area (Å²) in [6.45, 7) is 7.78. The van der Waals surface area contributed by atoms with E-state index >= 15 is 0 Å². The topological polar surface area (TPSA) is 9.23 Å². The third-order valence-electron chi connectivity index (χ3n) is 4.63. The molecule has 1 aromatic rings. The molecule has 1 saturated carbocycles. The largest absolute Gasteiger partial charge is 0.428 e. The highest BCUT2D eigenvalue weighted by Crippen LogP contribution is 2.37. The molecule has 0 unspecified atom stereocenters. The Balaban J connectivity index is 2.22. The Bertz CT molecular complexity index is 522. The molecule has 1 radical (unpaired) electrons. The summed E-state index contributed by atoms with van der Waals surface area (Å²) in [5.74, 6) is -1.43. The molecule has 0 saturated heterocycles. The van der Waals surface area contributed by atoms with Gasteiger partial charge < -0.3 is 4.65 Å². The Labute approximate surface area is 132 Å². The van der Waals surface area contributed by atoms with Crippen LogP contribution < -0.4 is 5.46 Å². The molecular formula is C16H22BF2OS. The summed E-state index contributed by atoms with van der Waals surface area (Å²) >= 11 is 4.54. The highest BCUT2D eigenvalue weighted by molar-refractivity contribution is 7.81. The second-order valence-corrected chi connectivity index (χ2v) is 7.92. The number of thiol groups is 1. The molecule has 1 nitrogen and oxygen atoms in total. The third-order valence-corrected chi connectivity index (χ3v) is 5.17. The van der Waals surface area contributed by atoms with Crippen molar-refractivity contribution in [1.82, 2.24) is 0 Å². The Morgan fingerprint density at radius 3 is 2.29 bits per heavy atom. The molecule has 0 amide bonds. The number of hydrogen-bond donors (Lipinski definition) is 1. The van der Waals surface area contributed by atoms with Crippen LogP contribution in [-0.2, 0) is 4.65 Å². The van der Waals surface area contributed by atoms with Crippen LogP contribution in [0.25, 0.3) is 0 Å². The van der Waals surface area contributed by atoms with E-state index in [1.165, 1.54) is 0 Å². The van der Waals surface area contributed by atoms with Gasteiger partial charge in [0.2, 0.25) is 0 Å². The number of rotatable bonds is 5. The molecule has 1 aliphatic rings. The lowest BCUT2D eigenvalue weighted by molar-refractivity contribution is 0.0853. The Morgan fingerprint density at radius 1 is 1.19 bits per heavy atom. The van der Waals surface area contributed by atoms with E-state index in [9.17, 15) is 8.78 Å². The highest BCUT2D eigenvalue weighted by atomic mass is 32.1. The average Bonchev–Trinajstić information content (AvgIpc) is 2.30. The Morgan fingerprint density at radius 2 is 1.81 bits per heavy atom. The minimum Gasteiger partial charge on any atom is -0.428 e. The molecule has 1 aliphatic carbocycles. The molecule has 0 bridgehead atoms. The fraction of sp³-hybridized carbons (Fsp3) is 0.625. The number of hydrogen-bond acceptors (Lipinski definition) is 2. The predicted molar refractivity (Wildman–Crippen MR) is 86.6 cm³/mol. The van der Waals surface area contributed by atoms with Crippen LogP contribution in [0.1, 0.15) is 58.4 Å². The smallest absolute Gasteiger partial charge is 0.331 e. The van der Waals surface area contributed by atoms with Crippen molar-refractivity contribution >= 4 is 25.6 Å². The summed E-state index contributed by atoms with van der Waals surface area (Å²) in [4.78, 5) is 0. The molecule has 1 fully saturated rings. The second-order valence-electron chi connectivity index (χ2n) is 6.80. The zero-order chi connectivity index (χ0) is 15.8. The van der Waals surface area contributed by atoms with Crippen molar-refractivity contribution in [1.29, 1.82) is 0 Å². The van der Waals surface area contributed by atoms with Gasteiger partial charge in [0.15, 0.2) is 11.6 Å². The van der Waals surface area contributed by atoms with Gasteiger partial charge in [0.05, 0.1) is 5.60 Å². The maximum atomic E-state index is 14.1. The summed E-state index contributed by atoms with van der Waals surface area (Å²) in [6.07, 6.45) is 2.88. The van der Waals surface area contributed by atoms with Crippen LogP contribution in [0.4, 0.5) is 8.78 Å². The summed E-state index contributed by atoms with van der Waals surface area (Å²) in [6, 6.07) is 2.75. The van der Waals surface area contributed by atoms with Crippen LogP contribution in [0.15, 0.2) is 12.1 Å². The van der Waals surface area contributed by atoms with Gasteiger partial charge in [-0.2, -0.15) is 12.6 Å². The Kier molecular flexibility index (Phi) is 4.74. The van der Waals surface area contributed by atoms with E-state index in [0.717, 1.165) is 25.3 Å². The van der Waals surface area contributed by atoms with Crippen LogP contribution in [0.5, 0.6) is 0 Å². The van der Waals surface area contributed by atoms with Crippen LogP contribution in [0.2, 0.25) is 0 Å². The van der Waals surface area contributed by atoms with Gasteiger partial charge >= 0.3 is 7.48 Å². The first-order valence-corrected chi connectivity index (χ1v) is 7.79. The molecule has 5 heteroatoms. The zero-order valence-electron chi connectivity index (χ0n) is 13.0. The van der Waals surface area contributed by atoms with Crippen LogP contribution in [-0.4, -0.2) is 17.8 Å². The molecule has 0 aliphatic heterocycles. The fourth-order valence-corrected chi connectivity index (χ4v) is 2.20. The standard InChI is InChI=1S/C16H22BF2OS/c1-15(2,16(3,4)21)20-17-11-8-9-12(18)14(19)13(11)10-6-5-7-10/h8-10,21H,5-7H2,1-4H3. The van der Waals surface area contributed by atoms with E-state index in [1.54, 1.807) is 13.5 Å². The SMILES string of the molecule is CC(C)(S)C(C)(C)O[B]c1ccc(F)c(F)c1C1CCC1. The third kappa shape index (κ3) is 3.45. The van der Waals surface area contributed by atoms with Crippen molar-refractivity contribution < 1.29 is 13.4 Å². The van der Waals surface area contributed by atoms with E-state index in [2.05, 4.69) is 12.6 Å². The summed E-state index contributed by atoms with van der Waals surface area (Å²) < 4.78 is 33.1. The maximum absolute atomic E-state index is 14.1. The van der Waals surface area contributed by atoms with Gasteiger partial charge in [-0.25, -0.2) is 8.78 Å². The minimum absolute atomic E-state index is 0.0997. The van der Waals surface area contributed by atoms with Crippen LogP contribution in [0, 0.1) is 11.6 Å². The van der Waals surface area contributed by atoms with E-state index < -0.39 is 17.2 Å². The van der Waals surface area contributed by atoms with Crippen molar-refractivity contribution in [2.24, 2.45) is 0 Å². The fourth-order valence-electron chi connectivity index (χ4n) is 2.15. The van der Waals surface area contributed by atoms with Crippen molar-refractivity contribution in [2.45, 2.75) is 63.2 Å². The van der Waals surface area contributed by atoms with E-state index in [-0.39, 0.29) is 10.7 Å². The average molecular weight is 311 g/mol. The molecule has 0 spiro atoms. The highest BCUT2D eigenvalue weighted by Gasteiger charge is 2.35. The summed E-state index contributed by atoms with van der Waals surface area (Å²) in [5.41, 5.74) is 0.552. The molecule has 115 valence electrons. The normalized spacial score (nSPS) is 16.7. The molecule has 0 N–H and O–H groups in total. The van der Waals surface area contributed by atoms with E-state index in [4.69, 9.17) is 4.65 Å². The zero-order valence-corrected chi connectivity index (χ0v) is 13.9. The lowest BCUT2D eigenvalue weighted by Crippen LogP contribution is -2.46. The van der Waals surface area contributed by atoms with Gasteiger partial charge in [0, 0.05) is 4.75 Å². The maximum Gasteiger partial charge on any atom is 0.331 e. The van der Waals surface area contributed by atoms with Gasteiger partial charge in [-0.15, -0.1) is 0 Å². The first kappa shape index (κ1) is 16.8. The van der Waals surface area contributed by atoms with Gasteiger partial charge in [0.1, 0.15) is 0 Å². The lowest BCUT2D eigenvalue weighted by atomic mass is 9.71. The first-order valence-electron chi connectivity index (χ1n) is 7.35. The molecule has 21 heavy (non-hydrogen) atoms. The molecule has 2 rings (SSSR count). The van der Waals surface area contributed by atoms with Crippen molar-refractivity contribution in [3.05, 3.63) is 29.3 Å². The van der Waals surface area contributed by atoms with Crippen LogP contribution in [0.3, 0.4) is 0 Å². The Hall–Kier alpha value is -0.545.